The summed E-state index contributed by atoms with van der Waals surface area (Å²) in [6.45, 7) is 5.14. The number of amides is 1. The second-order valence-electron chi connectivity index (χ2n) is 6.66. The monoisotopic (exact) mass is 394 g/mol. The van der Waals surface area contributed by atoms with Gasteiger partial charge in [-0.3, -0.25) is 9.69 Å². The lowest BCUT2D eigenvalue weighted by atomic mass is 9.97. The molecule has 1 fully saturated rings. The molecule has 1 atom stereocenters. The Kier molecular flexibility index (Phi) is 6.19. The molecule has 1 aliphatic heterocycles. The van der Waals surface area contributed by atoms with E-state index < -0.39 is 11.5 Å². The topological polar surface area (TPSA) is 64.8 Å². The number of thiophene rings is 1. The third-order valence-electron chi connectivity index (χ3n) is 4.46. The van der Waals surface area contributed by atoms with Crippen LogP contribution in [-0.4, -0.2) is 42.7 Å². The Morgan fingerprint density at radius 2 is 2.31 bits per heavy atom. The number of nitrogens with zero attached hydrogens (tertiary/aromatic N) is 1. The Bertz CT molecular complexity index is 767. The summed E-state index contributed by atoms with van der Waals surface area (Å²) in [7, 11) is 0. The van der Waals surface area contributed by atoms with Gasteiger partial charge in [0, 0.05) is 29.5 Å². The number of aryl methyl sites for hydroxylation is 1. The summed E-state index contributed by atoms with van der Waals surface area (Å²) in [4.78, 5) is 15.3. The largest absolute Gasteiger partial charge is 0.490 e. The van der Waals surface area contributed by atoms with Crippen LogP contribution in [0.5, 0.6) is 5.75 Å². The Hall–Kier alpha value is -1.60. The standard InChI is InChI=1S/C19H23ClN2O3S/c1-14-5-8-26-17(14)11-22-6-7-25-19(12-22,10-18(21)23)13-24-16-4-2-3-15(20)9-16/h2-5,8-9H,6-7,10-13H2,1H3,(H2,21,23)/t19-/m1/s1. The first-order valence-corrected chi connectivity index (χ1v) is 9.77. The zero-order valence-corrected chi connectivity index (χ0v) is 16.3. The average molecular weight is 395 g/mol. The van der Waals surface area contributed by atoms with Crippen molar-refractivity contribution in [3.63, 3.8) is 0 Å². The molecular formula is C19H23ClN2O3S. The number of nitrogens with two attached hydrogens (primary N) is 1. The Morgan fingerprint density at radius 3 is 3.00 bits per heavy atom. The Balaban J connectivity index is 1.71. The molecule has 2 N–H and O–H groups in total. The van der Waals surface area contributed by atoms with Gasteiger partial charge < -0.3 is 15.2 Å². The normalized spacial score (nSPS) is 20.8. The zero-order chi connectivity index (χ0) is 18.6. The summed E-state index contributed by atoms with van der Waals surface area (Å²) in [6.07, 6.45) is 0.119. The van der Waals surface area contributed by atoms with Crippen molar-refractivity contribution < 1.29 is 14.3 Å². The maximum atomic E-state index is 11.7. The van der Waals surface area contributed by atoms with E-state index in [0.29, 0.717) is 23.9 Å². The minimum absolute atomic E-state index is 0.119. The molecule has 0 radical (unpaired) electrons. The van der Waals surface area contributed by atoms with Gasteiger partial charge in [-0.1, -0.05) is 17.7 Å². The summed E-state index contributed by atoms with van der Waals surface area (Å²) in [5.41, 5.74) is 6.03. The second kappa shape index (κ2) is 8.39. The van der Waals surface area contributed by atoms with Crippen LogP contribution in [0.3, 0.4) is 0 Å². The first kappa shape index (κ1) is 19.2. The van der Waals surface area contributed by atoms with E-state index in [2.05, 4.69) is 23.3 Å². The lowest BCUT2D eigenvalue weighted by molar-refractivity contribution is -0.148. The summed E-state index contributed by atoms with van der Waals surface area (Å²) in [5, 5.41) is 2.70. The number of carbonyl (C=O) groups is 1. The van der Waals surface area contributed by atoms with Crippen molar-refractivity contribution >= 4 is 28.8 Å². The molecule has 2 aromatic rings. The zero-order valence-electron chi connectivity index (χ0n) is 14.7. The number of hydrogen-bond donors (Lipinski definition) is 1. The van der Waals surface area contributed by atoms with Crippen LogP contribution < -0.4 is 10.5 Å². The van der Waals surface area contributed by atoms with Crippen LogP contribution in [0.25, 0.3) is 0 Å². The predicted octanol–water partition coefficient (Wildman–Crippen LogP) is 3.24. The molecule has 0 spiro atoms. The van der Waals surface area contributed by atoms with Crippen molar-refractivity contribution in [1.82, 2.24) is 4.90 Å². The van der Waals surface area contributed by atoms with Gasteiger partial charge in [0.05, 0.1) is 13.0 Å². The summed E-state index contributed by atoms with van der Waals surface area (Å²) in [5.74, 6) is 0.255. The van der Waals surface area contributed by atoms with Crippen molar-refractivity contribution in [2.24, 2.45) is 5.73 Å². The molecule has 1 saturated heterocycles. The van der Waals surface area contributed by atoms with Gasteiger partial charge in [0.1, 0.15) is 18.0 Å². The van der Waals surface area contributed by atoms with Crippen LogP contribution in [-0.2, 0) is 16.1 Å². The van der Waals surface area contributed by atoms with E-state index in [1.54, 1.807) is 23.5 Å². The molecule has 0 unspecified atom stereocenters. The van der Waals surface area contributed by atoms with Crippen molar-refractivity contribution in [3.05, 3.63) is 51.2 Å². The van der Waals surface area contributed by atoms with Gasteiger partial charge in [-0.2, -0.15) is 0 Å². The quantitative estimate of drug-likeness (QED) is 0.783. The van der Waals surface area contributed by atoms with E-state index in [0.717, 1.165) is 13.1 Å². The molecule has 26 heavy (non-hydrogen) atoms. The molecule has 2 heterocycles. The Morgan fingerprint density at radius 1 is 1.46 bits per heavy atom. The van der Waals surface area contributed by atoms with E-state index >= 15 is 0 Å². The van der Waals surface area contributed by atoms with Crippen molar-refractivity contribution in [2.75, 3.05) is 26.3 Å². The summed E-state index contributed by atoms with van der Waals surface area (Å²) >= 11 is 7.76. The van der Waals surface area contributed by atoms with Gasteiger partial charge in [-0.05, 0) is 42.1 Å². The second-order valence-corrected chi connectivity index (χ2v) is 8.10. The minimum atomic E-state index is -0.752. The van der Waals surface area contributed by atoms with Crippen LogP contribution in [0.15, 0.2) is 35.7 Å². The van der Waals surface area contributed by atoms with E-state index in [9.17, 15) is 4.79 Å². The van der Waals surface area contributed by atoms with Crippen LogP contribution in [0.2, 0.25) is 5.02 Å². The van der Waals surface area contributed by atoms with E-state index in [1.807, 2.05) is 12.1 Å². The maximum absolute atomic E-state index is 11.7. The lowest BCUT2D eigenvalue weighted by Crippen LogP contribution is -2.56. The molecular weight excluding hydrogens is 372 g/mol. The fourth-order valence-corrected chi connectivity index (χ4v) is 4.29. The third kappa shape index (κ3) is 4.98. The first-order valence-electron chi connectivity index (χ1n) is 8.52. The van der Waals surface area contributed by atoms with Crippen LogP contribution in [0.4, 0.5) is 0 Å². The van der Waals surface area contributed by atoms with Gasteiger partial charge in [0.15, 0.2) is 0 Å². The van der Waals surface area contributed by atoms with Gasteiger partial charge in [-0.15, -0.1) is 11.3 Å². The van der Waals surface area contributed by atoms with Gasteiger partial charge >= 0.3 is 0 Å². The van der Waals surface area contributed by atoms with Crippen LogP contribution in [0, 0.1) is 6.92 Å². The number of benzene rings is 1. The van der Waals surface area contributed by atoms with Crippen LogP contribution in [0.1, 0.15) is 16.9 Å². The highest BCUT2D eigenvalue weighted by Gasteiger charge is 2.39. The van der Waals surface area contributed by atoms with Gasteiger partial charge in [0.2, 0.25) is 5.91 Å². The SMILES string of the molecule is Cc1ccsc1CN1CCO[C@](COc2cccc(Cl)c2)(CC(N)=O)C1. The number of halogens is 1. The van der Waals surface area contributed by atoms with Crippen molar-refractivity contribution in [2.45, 2.75) is 25.5 Å². The number of hydrogen-bond acceptors (Lipinski definition) is 5. The number of morpholine rings is 1. The molecule has 3 rings (SSSR count). The van der Waals surface area contributed by atoms with E-state index in [-0.39, 0.29) is 13.0 Å². The molecule has 1 amide bonds. The molecule has 0 saturated carbocycles. The molecule has 0 bridgehead atoms. The highest BCUT2D eigenvalue weighted by molar-refractivity contribution is 7.10. The average Bonchev–Trinajstić information content (AvgIpc) is 2.98. The highest BCUT2D eigenvalue weighted by Crippen LogP contribution is 2.27. The van der Waals surface area contributed by atoms with E-state index in [1.165, 1.54) is 10.4 Å². The number of ether oxygens (including phenoxy) is 2. The fraction of sp³-hybridized carbons (Fsp3) is 0.421. The molecule has 5 nitrogen and oxygen atoms in total. The molecule has 1 aromatic carbocycles. The molecule has 0 aliphatic carbocycles. The van der Waals surface area contributed by atoms with Gasteiger partial charge in [-0.25, -0.2) is 0 Å². The fourth-order valence-electron chi connectivity index (χ4n) is 3.16. The van der Waals surface area contributed by atoms with E-state index in [4.69, 9.17) is 26.8 Å². The number of rotatable bonds is 7. The van der Waals surface area contributed by atoms with Crippen molar-refractivity contribution in [1.29, 1.82) is 0 Å². The smallest absolute Gasteiger partial charge is 0.220 e. The minimum Gasteiger partial charge on any atom is -0.490 e. The molecule has 1 aliphatic rings. The van der Waals surface area contributed by atoms with Gasteiger partial charge in [0.25, 0.3) is 0 Å². The van der Waals surface area contributed by atoms with Crippen molar-refractivity contribution in [3.8, 4) is 5.75 Å². The maximum Gasteiger partial charge on any atom is 0.220 e. The summed E-state index contributed by atoms with van der Waals surface area (Å²) in [6, 6.07) is 9.32. The number of primary amides is 1. The number of carbonyl (C=O) groups excluding carboxylic acids is 1. The highest BCUT2D eigenvalue weighted by atomic mass is 35.5. The third-order valence-corrected chi connectivity index (χ3v) is 5.70. The summed E-state index contributed by atoms with van der Waals surface area (Å²) < 4.78 is 11.9. The molecule has 1 aromatic heterocycles. The Labute approximate surface area is 162 Å². The predicted molar refractivity (Wildman–Crippen MR) is 104 cm³/mol. The first-order chi connectivity index (χ1) is 12.5. The molecule has 140 valence electrons. The van der Waals surface area contributed by atoms with Crippen LogP contribution >= 0.6 is 22.9 Å². The lowest BCUT2D eigenvalue weighted by Gasteiger charge is -2.42. The molecule has 7 heteroatoms.